The number of nitrogens with zero attached hydrogens (tertiary/aromatic N) is 7. The molecular weight excluding hydrogens is 1610 g/mol. The maximum atomic E-state index is 15.3. The average Bonchev–Trinajstić information content (AvgIpc) is 1.10. The standard InChI is InChI=1S/C79H127F2N19O20S/c1-55(2)73(77(110)96-121(6,112)54-56-47-58-50-59(48-56)119-33-7-8-34-120-65-49-57(80)14-15-60(65)74-61(81)52-90-79(91-58)95-74)94-76(109)64-11-10-27-100(64)78(111)63(51-66(84)101)93-72(107)53-99(5)32-31-98(4)30-29-97(3)28-26-88-67(102)12-9-13-71(106)92-62(75(108)89-25-24-87-70(105)19-36-114-40-44-118-46-42-116-38-21-83)16-17-68(103)85-22-23-86-69(104)18-35-113-39-43-117-45-41-115-37-20-82/h14-15,47-50,52,55,62-64,73H,7-13,16-46,51,53-54,82-83H2,1-6H3,(H2,84,101)(H,85,103)(H,86,104)(H,87,105)(H,88,102)(H,89,108)(H,92,106)(H,93,107)(H,94,109)(H,90,91,95)/t62-,63-,64-,73-,121-/m0/s1. The molecule has 39 nitrogen and oxygen atoms in total. The van der Waals surface area contributed by atoms with Crippen molar-refractivity contribution >= 4 is 86.3 Å². The van der Waals surface area contributed by atoms with E-state index in [1.165, 1.54) is 23.3 Å². The van der Waals surface area contributed by atoms with Crippen molar-refractivity contribution in [1.29, 1.82) is 0 Å². The summed E-state index contributed by atoms with van der Waals surface area (Å²) in [5.41, 5.74) is 17.2. The van der Waals surface area contributed by atoms with Crippen molar-refractivity contribution in [2.45, 2.75) is 121 Å². The largest absolute Gasteiger partial charge is 0.494 e. The average molecular weight is 1730 g/mol. The van der Waals surface area contributed by atoms with Gasteiger partial charge in [0.05, 0.1) is 127 Å². The Kier molecular flexibility index (Phi) is 48.9. The fourth-order valence-corrected chi connectivity index (χ4v) is 13.6. The van der Waals surface area contributed by atoms with Gasteiger partial charge in [-0.15, -0.1) is 0 Å². The van der Waals surface area contributed by atoms with Crippen LogP contribution >= 0.6 is 0 Å². The van der Waals surface area contributed by atoms with Gasteiger partial charge in [0.1, 0.15) is 47.2 Å². The number of ether oxygens (including phenoxy) is 8. The monoisotopic (exact) mass is 1730 g/mol. The molecule has 0 spiro atoms. The smallest absolute Gasteiger partial charge is 0.276 e. The van der Waals surface area contributed by atoms with Crippen LogP contribution in [-0.4, -0.2) is 334 Å². The molecule has 5 atom stereocenters. The number of hydrogen-bond acceptors (Lipinski definition) is 28. The number of nitrogens with one attached hydrogen (secondary N) is 9. The molecule has 2 aromatic carbocycles. The number of aromatic nitrogens is 2. The Labute approximate surface area is 706 Å². The van der Waals surface area contributed by atoms with Crippen molar-refractivity contribution in [3.8, 4) is 22.8 Å². The number of fused-ring (bicyclic) bond motifs is 6. The second kappa shape index (κ2) is 57.9. The number of likely N-dealkylation sites (N-methyl/N-ethyl adjacent to an activating group) is 3. The summed E-state index contributed by atoms with van der Waals surface area (Å²) in [6, 6.07) is 3.61. The minimum Gasteiger partial charge on any atom is -0.494 e. The van der Waals surface area contributed by atoms with Crippen LogP contribution in [0.5, 0.6) is 11.5 Å². The van der Waals surface area contributed by atoms with E-state index in [-0.39, 0.29) is 170 Å². The van der Waals surface area contributed by atoms with Crippen LogP contribution in [0, 0.1) is 17.6 Å². The van der Waals surface area contributed by atoms with Gasteiger partial charge in [0.2, 0.25) is 65.0 Å². The molecule has 1 fully saturated rings. The molecule has 0 unspecified atom stereocenters. The Hall–Kier alpha value is -9.34. The van der Waals surface area contributed by atoms with E-state index in [4.69, 9.17) is 55.1 Å². The van der Waals surface area contributed by atoms with E-state index in [1.807, 2.05) is 23.9 Å². The third-order valence-electron chi connectivity index (χ3n) is 18.6. The fraction of sp³-hybridized carbons (Fsp3) is 0.658. The van der Waals surface area contributed by atoms with Crippen LogP contribution in [-0.2, 0) is 96.6 Å². The Balaban J connectivity index is 1.02. The summed E-state index contributed by atoms with van der Waals surface area (Å²) in [6.07, 6.45) is 3.22. The van der Waals surface area contributed by atoms with Gasteiger partial charge in [0, 0.05) is 147 Å². The SMILES string of the molecule is CC(C)[C@H](NC(=O)[C@@H]1CCCN1C(=O)[C@H](CC(N)=O)NC(=O)CN(C)CCN(C)CCN(C)CCNC(=O)CCCC(=O)N[C@@H](CCC(=O)NCCNC(=O)CCOCCOCCOCCN)C(=O)NCCNC(=O)CCOCCOCCOCCN)C(=O)N=[S@@](C)(=O)Cc1cc2cc(c1)OCCCCOc1cc(F)ccc1-c1nc(ncc1F)N2. The van der Waals surface area contributed by atoms with Gasteiger partial charge in [0.15, 0.2) is 5.82 Å². The van der Waals surface area contributed by atoms with Gasteiger partial charge in [-0.2, -0.15) is 4.36 Å². The number of amides is 11. The van der Waals surface area contributed by atoms with Gasteiger partial charge in [-0.3, -0.25) is 57.6 Å². The van der Waals surface area contributed by atoms with Gasteiger partial charge in [-0.05, 0) is 95.4 Å². The first-order valence-electron chi connectivity index (χ1n) is 41.0. The van der Waals surface area contributed by atoms with E-state index in [1.54, 1.807) is 44.0 Å². The first-order chi connectivity index (χ1) is 58.0. The van der Waals surface area contributed by atoms with Crippen molar-refractivity contribution in [3.05, 3.63) is 59.8 Å². The molecule has 3 aromatic rings. The van der Waals surface area contributed by atoms with E-state index >= 15 is 4.39 Å². The number of carbonyl (C=O) groups excluding carboxylic acids is 11. The zero-order valence-electron chi connectivity index (χ0n) is 70.6. The number of carbonyl (C=O) groups is 11. The Morgan fingerprint density at radius 1 is 0.620 bits per heavy atom. The number of anilines is 2. The van der Waals surface area contributed by atoms with E-state index in [0.717, 1.165) is 12.3 Å². The summed E-state index contributed by atoms with van der Waals surface area (Å²) in [5.74, 6) is -8.00. The van der Waals surface area contributed by atoms with Crippen molar-refractivity contribution in [2.24, 2.45) is 27.5 Å². The molecule has 2 aliphatic rings. The maximum absolute atomic E-state index is 15.3. The van der Waals surface area contributed by atoms with Crippen molar-refractivity contribution in [3.63, 3.8) is 0 Å². The molecule has 1 saturated heterocycles. The van der Waals surface area contributed by atoms with E-state index in [2.05, 4.69) is 62.2 Å². The van der Waals surface area contributed by atoms with Gasteiger partial charge >= 0.3 is 0 Å². The first kappa shape index (κ1) is 102. The Morgan fingerprint density at radius 2 is 1.16 bits per heavy atom. The van der Waals surface area contributed by atoms with Crippen LogP contribution in [0.4, 0.5) is 20.4 Å². The van der Waals surface area contributed by atoms with Crippen molar-refractivity contribution < 1.29 is 104 Å². The summed E-state index contributed by atoms with van der Waals surface area (Å²) >= 11 is 0. The molecule has 5 rings (SSSR count). The number of halogens is 2. The van der Waals surface area contributed by atoms with Crippen LogP contribution in [0.25, 0.3) is 11.3 Å². The van der Waals surface area contributed by atoms with Crippen molar-refractivity contribution in [2.75, 3.05) is 217 Å². The molecular formula is C79H127F2N19O20S. The number of rotatable bonds is 58. The second-order valence-electron chi connectivity index (χ2n) is 29.5. The normalized spacial score (nSPS) is 14.6. The molecule has 42 heteroatoms. The van der Waals surface area contributed by atoms with Crippen LogP contribution in [0.1, 0.15) is 96.5 Å². The predicted octanol–water partition coefficient (Wildman–Crippen LogP) is -1.06. The quantitative estimate of drug-likeness (QED) is 0.0300. The highest BCUT2D eigenvalue weighted by Gasteiger charge is 2.40. The minimum atomic E-state index is -3.40. The summed E-state index contributed by atoms with van der Waals surface area (Å²) in [7, 11) is 2.10. The van der Waals surface area contributed by atoms with Gasteiger partial charge < -0.3 is 118 Å². The second-order valence-corrected chi connectivity index (χ2v) is 31.9. The van der Waals surface area contributed by atoms with Gasteiger partial charge in [-0.1, -0.05) is 13.8 Å². The summed E-state index contributed by atoms with van der Waals surface area (Å²) in [6.45, 7) is 11.8. The molecule has 11 amide bonds. The molecule has 678 valence electrons. The lowest BCUT2D eigenvalue weighted by atomic mass is 10.0. The number of nitrogens with two attached hydrogens (primary N) is 3. The Bertz CT molecular complexity index is 3890. The van der Waals surface area contributed by atoms with Crippen molar-refractivity contribution in [1.82, 2.24) is 72.1 Å². The first-order valence-corrected chi connectivity index (χ1v) is 43.1. The van der Waals surface area contributed by atoms with Crippen LogP contribution in [0.3, 0.4) is 0 Å². The molecule has 3 heterocycles. The number of primary amides is 1. The zero-order valence-corrected chi connectivity index (χ0v) is 71.4. The highest BCUT2D eigenvalue weighted by atomic mass is 32.2. The van der Waals surface area contributed by atoms with E-state index in [0.29, 0.717) is 148 Å². The van der Waals surface area contributed by atoms with Crippen LogP contribution in [0.15, 0.2) is 47.0 Å². The van der Waals surface area contributed by atoms with E-state index < -0.39 is 105 Å². The third-order valence-corrected chi connectivity index (χ3v) is 20.0. The molecule has 15 N–H and O–H groups in total. The zero-order chi connectivity index (χ0) is 88.3. The van der Waals surface area contributed by atoms with Crippen LogP contribution in [0.2, 0.25) is 0 Å². The predicted molar refractivity (Wildman–Crippen MR) is 445 cm³/mol. The molecule has 2 aliphatic heterocycles. The molecule has 0 saturated carbocycles. The third kappa shape index (κ3) is 42.8. The fourth-order valence-electron chi connectivity index (χ4n) is 12.2. The molecule has 0 aliphatic carbocycles. The lowest BCUT2D eigenvalue weighted by Crippen LogP contribution is -2.57. The molecule has 4 bridgehead atoms. The Morgan fingerprint density at radius 3 is 1.76 bits per heavy atom. The number of benzene rings is 2. The topological polar surface area (TPSA) is 516 Å². The lowest BCUT2D eigenvalue weighted by Gasteiger charge is -2.30. The van der Waals surface area contributed by atoms with Crippen LogP contribution < -0.4 is 74.5 Å². The highest BCUT2D eigenvalue weighted by molar-refractivity contribution is 7.92. The summed E-state index contributed by atoms with van der Waals surface area (Å²) < 4.78 is 92.1. The highest BCUT2D eigenvalue weighted by Crippen LogP contribution is 2.34. The molecule has 121 heavy (non-hydrogen) atoms. The van der Waals surface area contributed by atoms with E-state index in [9.17, 15) is 61.3 Å². The summed E-state index contributed by atoms with van der Waals surface area (Å²) in [5, 5.41) is 24.7. The number of likely N-dealkylation sites (tertiary alicyclic amines) is 1. The lowest BCUT2D eigenvalue weighted by molar-refractivity contribution is -0.143. The van der Waals surface area contributed by atoms with Gasteiger partial charge in [0.25, 0.3) is 5.91 Å². The molecule has 0 radical (unpaired) electrons. The number of hydrogen-bond donors (Lipinski definition) is 12. The minimum absolute atomic E-state index is 0.0104. The van der Waals surface area contributed by atoms with Gasteiger partial charge in [-0.25, -0.2) is 23.0 Å². The molecule has 1 aromatic heterocycles. The maximum Gasteiger partial charge on any atom is 0.276 e. The summed E-state index contributed by atoms with van der Waals surface area (Å²) in [4.78, 5) is 161.